The van der Waals surface area contributed by atoms with Crippen LogP contribution in [0.5, 0.6) is 11.5 Å². The lowest BCUT2D eigenvalue weighted by atomic mass is 9.99. The molecule has 0 saturated carbocycles. The molecule has 4 heterocycles. The van der Waals surface area contributed by atoms with Gasteiger partial charge in [0, 0.05) is 31.6 Å². The summed E-state index contributed by atoms with van der Waals surface area (Å²) in [6.07, 6.45) is 5.96. The van der Waals surface area contributed by atoms with E-state index in [-0.39, 0.29) is 18.9 Å². The molecule has 1 amide bonds. The Hall–Kier alpha value is -4.10. The van der Waals surface area contributed by atoms with Crippen molar-refractivity contribution in [3.63, 3.8) is 0 Å². The van der Waals surface area contributed by atoms with Crippen molar-refractivity contribution >= 4 is 22.6 Å². The van der Waals surface area contributed by atoms with Crippen LogP contribution in [0.25, 0.3) is 22.0 Å². The van der Waals surface area contributed by atoms with Gasteiger partial charge in [-0.2, -0.15) is 0 Å². The average molecular weight is 535 g/mol. The molecule has 7 heteroatoms. The molecule has 1 unspecified atom stereocenters. The van der Waals surface area contributed by atoms with E-state index < -0.39 is 0 Å². The Morgan fingerprint density at radius 2 is 1.65 bits per heavy atom. The van der Waals surface area contributed by atoms with E-state index >= 15 is 0 Å². The number of carbonyl (C=O) groups excluding carboxylic acids is 1. The van der Waals surface area contributed by atoms with Crippen molar-refractivity contribution in [1.29, 1.82) is 0 Å². The summed E-state index contributed by atoms with van der Waals surface area (Å²) in [4.78, 5) is 23.9. The fourth-order valence-corrected chi connectivity index (χ4v) is 6.27. The SMILES string of the molecule is O=C(c1cc(NCc2ccccc2)nc2ccc(-c3ccc4c(c3)OCO4)cc12)N1CCCC1N1CCCCC1. The third-order valence-electron chi connectivity index (χ3n) is 8.36. The smallest absolute Gasteiger partial charge is 0.255 e. The summed E-state index contributed by atoms with van der Waals surface area (Å²) in [6.45, 7) is 3.82. The molecule has 40 heavy (non-hydrogen) atoms. The fraction of sp³-hybridized carbons (Fsp3) is 0.333. The number of ether oxygens (including phenoxy) is 2. The molecular formula is C33H34N4O3. The van der Waals surface area contributed by atoms with Crippen molar-refractivity contribution < 1.29 is 14.3 Å². The topological polar surface area (TPSA) is 66.9 Å². The molecule has 0 aliphatic carbocycles. The van der Waals surface area contributed by atoms with Gasteiger partial charge in [-0.1, -0.05) is 48.9 Å². The van der Waals surface area contributed by atoms with Crippen LogP contribution in [0, 0.1) is 0 Å². The number of nitrogens with one attached hydrogen (secondary N) is 1. The Labute approximate surface area is 234 Å². The van der Waals surface area contributed by atoms with Gasteiger partial charge in [-0.3, -0.25) is 9.69 Å². The molecule has 1 N–H and O–H groups in total. The highest BCUT2D eigenvalue weighted by atomic mass is 16.7. The molecule has 3 aliphatic rings. The van der Waals surface area contributed by atoms with Crippen LogP contribution in [0.2, 0.25) is 0 Å². The molecule has 204 valence electrons. The normalized spacial score (nSPS) is 18.8. The minimum atomic E-state index is 0.0890. The summed E-state index contributed by atoms with van der Waals surface area (Å²) in [5.74, 6) is 2.30. The summed E-state index contributed by atoms with van der Waals surface area (Å²) in [5, 5.41) is 4.34. The molecule has 4 aromatic rings. The van der Waals surface area contributed by atoms with E-state index in [0.29, 0.717) is 17.9 Å². The Kier molecular flexibility index (Phi) is 6.73. The number of likely N-dealkylation sites (tertiary alicyclic amines) is 2. The Morgan fingerprint density at radius 1 is 0.850 bits per heavy atom. The lowest BCUT2D eigenvalue weighted by molar-refractivity contribution is 0.0407. The maximum absolute atomic E-state index is 14.3. The molecular weight excluding hydrogens is 500 g/mol. The summed E-state index contributed by atoms with van der Waals surface area (Å²) < 4.78 is 11.1. The van der Waals surface area contributed by atoms with Crippen LogP contribution in [0.15, 0.2) is 72.8 Å². The van der Waals surface area contributed by atoms with Gasteiger partial charge in [-0.25, -0.2) is 4.98 Å². The summed E-state index contributed by atoms with van der Waals surface area (Å²) >= 11 is 0. The van der Waals surface area contributed by atoms with Gasteiger partial charge in [0.25, 0.3) is 5.91 Å². The van der Waals surface area contributed by atoms with Gasteiger partial charge >= 0.3 is 0 Å². The van der Waals surface area contributed by atoms with Crippen molar-refractivity contribution in [3.05, 3.63) is 83.9 Å². The van der Waals surface area contributed by atoms with Crippen LogP contribution in [0.4, 0.5) is 5.82 Å². The molecule has 2 saturated heterocycles. The van der Waals surface area contributed by atoms with Crippen LogP contribution in [0.3, 0.4) is 0 Å². The number of rotatable bonds is 6. The fourth-order valence-electron chi connectivity index (χ4n) is 6.27. The highest BCUT2D eigenvalue weighted by molar-refractivity contribution is 6.08. The first-order valence-electron chi connectivity index (χ1n) is 14.4. The number of hydrogen-bond acceptors (Lipinski definition) is 6. The van der Waals surface area contributed by atoms with E-state index in [4.69, 9.17) is 14.5 Å². The zero-order valence-corrected chi connectivity index (χ0v) is 22.6. The molecule has 1 aromatic heterocycles. The number of pyridine rings is 1. The van der Waals surface area contributed by atoms with E-state index in [2.05, 4.69) is 39.4 Å². The van der Waals surface area contributed by atoms with Crippen LogP contribution in [-0.4, -0.2) is 53.3 Å². The number of hydrogen-bond donors (Lipinski definition) is 1. The highest BCUT2D eigenvalue weighted by Gasteiger charge is 2.35. The maximum Gasteiger partial charge on any atom is 0.255 e. The first kappa shape index (κ1) is 24.9. The monoisotopic (exact) mass is 534 g/mol. The molecule has 3 aromatic carbocycles. The second-order valence-corrected chi connectivity index (χ2v) is 10.9. The molecule has 0 bridgehead atoms. The number of anilines is 1. The van der Waals surface area contributed by atoms with Crippen molar-refractivity contribution in [3.8, 4) is 22.6 Å². The van der Waals surface area contributed by atoms with E-state index in [1.54, 1.807) is 0 Å². The third kappa shape index (κ3) is 4.86. The Bertz CT molecular complexity index is 1530. The molecule has 7 rings (SSSR count). The van der Waals surface area contributed by atoms with Crippen molar-refractivity contribution in [1.82, 2.24) is 14.8 Å². The van der Waals surface area contributed by atoms with Crippen molar-refractivity contribution in [2.75, 3.05) is 31.7 Å². The number of piperidine rings is 1. The van der Waals surface area contributed by atoms with Crippen molar-refractivity contribution in [2.45, 2.75) is 44.8 Å². The van der Waals surface area contributed by atoms with E-state index in [9.17, 15) is 4.79 Å². The largest absolute Gasteiger partial charge is 0.454 e. The predicted molar refractivity (Wildman–Crippen MR) is 157 cm³/mol. The van der Waals surface area contributed by atoms with Gasteiger partial charge in [0.1, 0.15) is 5.82 Å². The number of amides is 1. The quantitative estimate of drug-likeness (QED) is 0.314. The zero-order chi connectivity index (χ0) is 26.9. The van der Waals surface area contributed by atoms with Gasteiger partial charge in [0.05, 0.1) is 17.2 Å². The van der Waals surface area contributed by atoms with Crippen LogP contribution in [-0.2, 0) is 6.54 Å². The molecule has 0 spiro atoms. The highest BCUT2D eigenvalue weighted by Crippen LogP contribution is 2.37. The predicted octanol–water partition coefficient (Wildman–Crippen LogP) is 6.29. The van der Waals surface area contributed by atoms with Gasteiger partial charge in [0.15, 0.2) is 11.5 Å². The number of nitrogens with zero attached hydrogens (tertiary/aromatic N) is 3. The molecule has 3 aliphatic heterocycles. The second-order valence-electron chi connectivity index (χ2n) is 10.9. The first-order chi connectivity index (χ1) is 19.7. The van der Waals surface area contributed by atoms with Crippen molar-refractivity contribution in [2.24, 2.45) is 0 Å². The first-order valence-corrected chi connectivity index (χ1v) is 14.4. The number of fused-ring (bicyclic) bond motifs is 2. The lowest BCUT2D eigenvalue weighted by Crippen LogP contribution is -2.49. The zero-order valence-electron chi connectivity index (χ0n) is 22.6. The molecule has 2 fully saturated rings. The van der Waals surface area contributed by atoms with Gasteiger partial charge in [0.2, 0.25) is 6.79 Å². The van der Waals surface area contributed by atoms with E-state index in [1.807, 2.05) is 48.5 Å². The number of carbonyl (C=O) groups is 1. The summed E-state index contributed by atoms with van der Waals surface area (Å²) in [7, 11) is 0. The number of benzene rings is 3. The second kappa shape index (κ2) is 10.8. The van der Waals surface area contributed by atoms with Crippen LogP contribution in [0.1, 0.15) is 48.0 Å². The summed E-state index contributed by atoms with van der Waals surface area (Å²) in [6, 6.07) is 24.4. The minimum Gasteiger partial charge on any atom is -0.454 e. The molecule has 0 radical (unpaired) electrons. The molecule has 1 atom stereocenters. The third-order valence-corrected chi connectivity index (χ3v) is 8.36. The summed E-state index contributed by atoms with van der Waals surface area (Å²) in [5.41, 5.74) is 4.70. The lowest BCUT2D eigenvalue weighted by Gasteiger charge is -2.37. The van der Waals surface area contributed by atoms with Crippen LogP contribution >= 0.6 is 0 Å². The van der Waals surface area contributed by atoms with Gasteiger partial charge in [-0.05, 0) is 72.7 Å². The average Bonchev–Trinajstić information content (AvgIpc) is 3.70. The van der Waals surface area contributed by atoms with Gasteiger partial charge in [-0.15, -0.1) is 0 Å². The number of aromatic nitrogens is 1. The molecule has 7 nitrogen and oxygen atoms in total. The van der Waals surface area contributed by atoms with Gasteiger partial charge < -0.3 is 19.7 Å². The van der Waals surface area contributed by atoms with Crippen LogP contribution < -0.4 is 14.8 Å². The standard InChI is InChI=1S/C33H34N4O3/c38-33(37-17-7-10-32(37)36-15-5-2-6-16-36)27-20-31(34-21-23-8-3-1-4-9-23)35-28-13-11-24(18-26(27)28)25-12-14-29-30(19-25)40-22-39-29/h1,3-4,8-9,11-14,18-20,32H,2,5-7,10,15-17,21-22H2,(H,34,35). The van der Waals surface area contributed by atoms with E-state index in [1.165, 1.54) is 24.8 Å². The Balaban J connectivity index is 1.27. The maximum atomic E-state index is 14.3. The Morgan fingerprint density at radius 3 is 2.52 bits per heavy atom. The van der Waals surface area contributed by atoms with E-state index in [0.717, 1.165) is 66.0 Å². The minimum absolute atomic E-state index is 0.0890.